The van der Waals surface area contributed by atoms with E-state index in [0.29, 0.717) is 28.6 Å². The van der Waals surface area contributed by atoms with Crippen LogP contribution in [0.4, 0.5) is 22.7 Å². The van der Waals surface area contributed by atoms with Crippen molar-refractivity contribution < 1.29 is 14.3 Å². The third kappa shape index (κ3) is 8.33. The monoisotopic (exact) mass is 744 g/mol. The topological polar surface area (TPSA) is 163 Å². The van der Waals surface area contributed by atoms with Gasteiger partial charge in [-0.3, -0.25) is 9.59 Å². The molecule has 2 aromatic carbocycles. The molecule has 0 saturated carbocycles. The fraction of sp³-hybridized carbons (Fsp3) is 0.316. The molecular formula is C38H37ClN12O3. The summed E-state index contributed by atoms with van der Waals surface area (Å²) in [6.45, 7) is 21.7. The van der Waals surface area contributed by atoms with Crippen LogP contribution in [-0.4, -0.2) is 64.5 Å². The number of hydrogen-bond donors (Lipinski definition) is 2. The second-order valence-corrected chi connectivity index (χ2v) is 12.8. The van der Waals surface area contributed by atoms with Gasteiger partial charge in [-0.1, -0.05) is 49.7 Å². The lowest BCUT2D eigenvalue weighted by molar-refractivity contribution is -0.116. The summed E-state index contributed by atoms with van der Waals surface area (Å²) >= 11 is 5.87. The molecule has 7 heterocycles. The quantitative estimate of drug-likeness (QED) is 0.136. The number of amides is 2. The first kappa shape index (κ1) is 37.5. The zero-order valence-corrected chi connectivity index (χ0v) is 30.5. The van der Waals surface area contributed by atoms with Crippen LogP contribution in [0.2, 0.25) is 5.15 Å². The van der Waals surface area contributed by atoms with Gasteiger partial charge in [-0.25, -0.2) is 39.0 Å². The van der Waals surface area contributed by atoms with Crippen LogP contribution in [0, 0.1) is 13.1 Å². The van der Waals surface area contributed by atoms with E-state index in [1.807, 2.05) is 9.36 Å². The summed E-state index contributed by atoms with van der Waals surface area (Å²) in [5.41, 5.74) is 6.52. The number of aryl methyl sites for hydroxylation is 2. The lowest BCUT2D eigenvalue weighted by Gasteiger charge is -2.10. The number of hydrogen-bond acceptors (Lipinski definition) is 9. The molecule has 2 N–H and O–H groups in total. The van der Waals surface area contributed by atoms with Gasteiger partial charge in [-0.2, -0.15) is 10.2 Å². The number of carbonyl (C=O) groups is 2. The van der Waals surface area contributed by atoms with Gasteiger partial charge in [0.2, 0.25) is 11.8 Å². The number of carbonyl (C=O) groups excluding carboxylic acids is 2. The summed E-state index contributed by atoms with van der Waals surface area (Å²) in [5, 5.41) is 16.2. The first-order chi connectivity index (χ1) is 26.3. The number of anilines is 2. The van der Waals surface area contributed by atoms with Gasteiger partial charge in [0.05, 0.1) is 48.4 Å². The number of aromatic nitrogens is 8. The van der Waals surface area contributed by atoms with E-state index in [2.05, 4.69) is 64.3 Å². The summed E-state index contributed by atoms with van der Waals surface area (Å²) in [6, 6.07) is 10.4. The highest BCUT2D eigenvalue weighted by molar-refractivity contribution is 6.33. The Morgan fingerprint density at radius 1 is 0.815 bits per heavy atom. The van der Waals surface area contributed by atoms with Crippen molar-refractivity contribution in [2.24, 2.45) is 0 Å². The summed E-state index contributed by atoms with van der Waals surface area (Å²) in [4.78, 5) is 46.9. The third-order valence-electron chi connectivity index (χ3n) is 8.66. The van der Waals surface area contributed by atoms with Gasteiger partial charge in [0.25, 0.3) is 0 Å². The van der Waals surface area contributed by atoms with E-state index >= 15 is 0 Å². The molecule has 1 fully saturated rings. The summed E-state index contributed by atoms with van der Waals surface area (Å²) in [5.74, 6) is -0.686. The first-order valence-corrected chi connectivity index (χ1v) is 17.9. The zero-order chi connectivity index (χ0) is 38.0. The highest BCUT2D eigenvalue weighted by Gasteiger charge is 2.35. The molecule has 16 heteroatoms. The normalized spacial score (nSPS) is 14.9. The molecule has 2 amide bonds. The first-order valence-electron chi connectivity index (χ1n) is 17.5. The van der Waals surface area contributed by atoms with Gasteiger partial charge < -0.3 is 15.4 Å². The van der Waals surface area contributed by atoms with Crippen LogP contribution >= 0.6 is 11.6 Å². The Hall–Kier alpha value is -6.29. The van der Waals surface area contributed by atoms with E-state index < -0.39 is 5.92 Å². The molecule has 15 nitrogen and oxygen atoms in total. The second-order valence-electron chi connectivity index (χ2n) is 12.4. The van der Waals surface area contributed by atoms with Crippen molar-refractivity contribution in [2.45, 2.75) is 65.0 Å². The molecule has 274 valence electrons. The fourth-order valence-corrected chi connectivity index (χ4v) is 6.32. The Morgan fingerprint density at radius 2 is 1.43 bits per heavy atom. The van der Waals surface area contributed by atoms with Crippen molar-refractivity contribution in [1.29, 1.82) is 0 Å². The smallest absolute Gasteiger partial charge is 0.238 e. The van der Waals surface area contributed by atoms with Gasteiger partial charge in [0.15, 0.2) is 22.7 Å². The molecule has 1 unspecified atom stereocenters. The molecule has 3 aliphatic heterocycles. The zero-order valence-electron chi connectivity index (χ0n) is 29.8. The minimum atomic E-state index is -0.550. The van der Waals surface area contributed by atoms with E-state index in [9.17, 15) is 9.59 Å². The minimum Gasteiger partial charge on any atom is -0.381 e. The average molecular weight is 745 g/mol. The molecular weight excluding hydrogens is 708 g/mol. The van der Waals surface area contributed by atoms with Crippen LogP contribution in [0.25, 0.3) is 31.8 Å². The maximum Gasteiger partial charge on any atom is 0.238 e. The van der Waals surface area contributed by atoms with E-state index in [1.54, 1.807) is 48.8 Å². The summed E-state index contributed by atoms with van der Waals surface area (Å²) < 4.78 is 8.60. The number of ether oxygens (including phenoxy) is 1. The van der Waals surface area contributed by atoms with Gasteiger partial charge >= 0.3 is 0 Å². The van der Waals surface area contributed by atoms with Crippen molar-refractivity contribution in [3.05, 3.63) is 106 Å². The predicted octanol–water partition coefficient (Wildman–Crippen LogP) is 7.29. The molecule has 3 aliphatic rings. The van der Waals surface area contributed by atoms with E-state index in [1.165, 1.54) is 25.5 Å². The molecule has 9 rings (SSSR count). The van der Waals surface area contributed by atoms with Crippen LogP contribution in [0.3, 0.4) is 0 Å². The van der Waals surface area contributed by atoms with Crippen LogP contribution in [0.15, 0.2) is 61.4 Å². The molecule has 1 atom stereocenters. The van der Waals surface area contributed by atoms with Crippen molar-refractivity contribution in [3.8, 4) is 0 Å². The van der Waals surface area contributed by atoms with Crippen LogP contribution in [-0.2, 0) is 33.8 Å². The standard InChI is InChI=1S/C17H14N6O.C9H6N2O.C8H9ClN4.C4H8O/c1-3-6-23-16-12(8-21-23)15(19-9-20-16)14-11-7-10(18-2)4-5-13(11)22-17(14)24;1-10-7-2-3-8-6(4-7)5-9(12)11-8;1-2-3-13-8-6(4-12-13)7(9)10-5-11-8;1-2-4-5-3-1/h4-5,7-9,14H,3,6H2,1H3,(H,22,24);2-4H,5H2,(H,11,12);4-5H,2-3H2,1H3;1-4H2. The average Bonchev–Trinajstić information content (AvgIpc) is 4.04. The number of benzene rings is 2. The maximum atomic E-state index is 12.5. The lowest BCUT2D eigenvalue weighted by Crippen LogP contribution is -2.15. The van der Waals surface area contributed by atoms with Crippen LogP contribution in [0.1, 0.15) is 62.3 Å². The second kappa shape index (κ2) is 17.5. The Morgan fingerprint density at radius 3 is 2.06 bits per heavy atom. The Balaban J connectivity index is 0.000000139. The SMILES string of the molecule is C1CCOC1.CCCn1ncc2c(Cl)ncnc21.[C-]#[N+]c1ccc2c(c1)C(c1ncnc3c1cnn3CCC)C(=O)N2.[C-]#[N+]c1ccc2c(c1)CC(=O)N2. The fourth-order valence-electron chi connectivity index (χ4n) is 6.14. The number of nitrogens with zero attached hydrogens (tertiary/aromatic N) is 10. The molecule has 0 aliphatic carbocycles. The molecule has 6 aromatic rings. The molecule has 1 saturated heterocycles. The Kier molecular flexibility index (Phi) is 12.1. The maximum absolute atomic E-state index is 12.5. The Bertz CT molecular complexity index is 2380. The van der Waals surface area contributed by atoms with E-state index in [4.69, 9.17) is 29.5 Å². The molecule has 54 heavy (non-hydrogen) atoms. The van der Waals surface area contributed by atoms with Gasteiger partial charge in [0.1, 0.15) is 23.7 Å². The molecule has 0 radical (unpaired) electrons. The predicted molar refractivity (Wildman–Crippen MR) is 205 cm³/mol. The highest BCUT2D eigenvalue weighted by atomic mass is 35.5. The summed E-state index contributed by atoms with van der Waals surface area (Å²) in [6.07, 6.45) is 11.3. The van der Waals surface area contributed by atoms with E-state index in [0.717, 1.165) is 83.7 Å². The van der Waals surface area contributed by atoms with E-state index in [-0.39, 0.29) is 11.8 Å². The van der Waals surface area contributed by atoms with Gasteiger partial charge in [0, 0.05) is 37.7 Å². The third-order valence-corrected chi connectivity index (χ3v) is 8.96. The van der Waals surface area contributed by atoms with Crippen LogP contribution < -0.4 is 10.6 Å². The van der Waals surface area contributed by atoms with Gasteiger partial charge in [-0.05, 0) is 48.9 Å². The largest absolute Gasteiger partial charge is 0.381 e. The molecule has 0 bridgehead atoms. The highest BCUT2D eigenvalue weighted by Crippen LogP contribution is 2.40. The van der Waals surface area contributed by atoms with Crippen molar-refractivity contribution in [2.75, 3.05) is 23.8 Å². The van der Waals surface area contributed by atoms with Gasteiger partial charge in [-0.15, -0.1) is 0 Å². The number of rotatable bonds is 5. The number of fused-ring (bicyclic) bond motifs is 4. The minimum absolute atomic E-state index is 0.00660. The van der Waals surface area contributed by atoms with Crippen molar-refractivity contribution in [1.82, 2.24) is 39.5 Å². The number of halogens is 1. The lowest BCUT2D eigenvalue weighted by atomic mass is 9.95. The Labute approximate surface area is 316 Å². The molecule has 4 aromatic heterocycles. The van der Waals surface area contributed by atoms with Crippen LogP contribution in [0.5, 0.6) is 0 Å². The number of nitrogens with one attached hydrogen (secondary N) is 2. The molecule has 0 spiro atoms. The van der Waals surface area contributed by atoms with Crippen molar-refractivity contribution in [3.63, 3.8) is 0 Å². The summed E-state index contributed by atoms with van der Waals surface area (Å²) in [7, 11) is 0. The van der Waals surface area contributed by atoms with Crippen molar-refractivity contribution >= 4 is 68.2 Å².